The van der Waals surface area contributed by atoms with Crippen molar-refractivity contribution in [1.29, 1.82) is 0 Å². The summed E-state index contributed by atoms with van der Waals surface area (Å²) in [4.78, 5) is 0. The number of alkyl halides is 2. The largest absolute Gasteiger partial charge is 0.493 e. The van der Waals surface area contributed by atoms with Gasteiger partial charge in [0.1, 0.15) is 24.8 Å². The van der Waals surface area contributed by atoms with E-state index < -0.39 is 6.67 Å². The van der Waals surface area contributed by atoms with Crippen molar-refractivity contribution in [2.45, 2.75) is 19.2 Å². The summed E-state index contributed by atoms with van der Waals surface area (Å²) >= 11 is 5.75. The highest BCUT2D eigenvalue weighted by Crippen LogP contribution is 2.26. The normalized spacial score (nSPS) is 10.2. The van der Waals surface area contributed by atoms with Gasteiger partial charge in [-0.1, -0.05) is 13.0 Å². The number of ether oxygens (including phenoxy) is 2. The Morgan fingerprint density at radius 2 is 2.06 bits per heavy atom. The van der Waals surface area contributed by atoms with E-state index in [1.807, 2.05) is 19.1 Å². The predicted octanol–water partition coefficient (Wildman–Crippen LogP) is 3.56. The van der Waals surface area contributed by atoms with Crippen LogP contribution in [-0.2, 0) is 5.88 Å². The molecule has 4 heteroatoms. The molecule has 1 rings (SSSR count). The van der Waals surface area contributed by atoms with Crippen LogP contribution in [0.3, 0.4) is 0 Å². The molecule has 0 saturated carbocycles. The molecule has 0 amide bonds. The van der Waals surface area contributed by atoms with Crippen molar-refractivity contribution in [1.82, 2.24) is 0 Å². The van der Waals surface area contributed by atoms with Crippen LogP contribution in [0.4, 0.5) is 4.39 Å². The van der Waals surface area contributed by atoms with Crippen molar-refractivity contribution in [3.63, 3.8) is 0 Å². The fraction of sp³-hybridized carbons (Fsp3) is 0.500. The van der Waals surface area contributed by atoms with Gasteiger partial charge in [-0.15, -0.1) is 11.6 Å². The Kier molecular flexibility index (Phi) is 6.01. The van der Waals surface area contributed by atoms with Crippen molar-refractivity contribution in [2.24, 2.45) is 0 Å². The molecule has 1 aromatic carbocycles. The zero-order chi connectivity index (χ0) is 11.8. The van der Waals surface area contributed by atoms with E-state index in [1.165, 1.54) is 0 Å². The van der Waals surface area contributed by atoms with Gasteiger partial charge in [-0.05, 0) is 12.5 Å². The minimum Gasteiger partial charge on any atom is -0.493 e. The molecule has 0 unspecified atom stereocenters. The molecule has 0 spiro atoms. The van der Waals surface area contributed by atoms with Crippen LogP contribution in [0.15, 0.2) is 18.2 Å². The highest BCUT2D eigenvalue weighted by molar-refractivity contribution is 6.17. The second-order valence-corrected chi connectivity index (χ2v) is 3.56. The molecule has 1 aromatic rings. The molecule has 16 heavy (non-hydrogen) atoms. The summed E-state index contributed by atoms with van der Waals surface area (Å²) in [6.07, 6.45) is 0.942. The highest BCUT2D eigenvalue weighted by atomic mass is 35.5. The average molecular weight is 247 g/mol. The van der Waals surface area contributed by atoms with Crippen LogP contribution < -0.4 is 9.47 Å². The van der Waals surface area contributed by atoms with E-state index in [2.05, 4.69) is 0 Å². The van der Waals surface area contributed by atoms with Gasteiger partial charge in [0.2, 0.25) is 0 Å². The van der Waals surface area contributed by atoms with E-state index in [9.17, 15) is 4.39 Å². The number of hydrogen-bond acceptors (Lipinski definition) is 2. The van der Waals surface area contributed by atoms with Crippen molar-refractivity contribution in [2.75, 3.05) is 19.9 Å². The third-order valence-electron chi connectivity index (χ3n) is 1.99. The molecule has 0 saturated heterocycles. The standard InChI is InChI=1S/C12H16ClFO2/c1-2-6-15-11-4-3-10(9-13)12(8-11)16-7-5-14/h3-4,8H,2,5-7,9H2,1H3. The van der Waals surface area contributed by atoms with Gasteiger partial charge < -0.3 is 9.47 Å². The van der Waals surface area contributed by atoms with Gasteiger partial charge in [0.25, 0.3) is 0 Å². The van der Waals surface area contributed by atoms with E-state index >= 15 is 0 Å². The Hall–Kier alpha value is -0.960. The molecular weight excluding hydrogens is 231 g/mol. The average Bonchev–Trinajstić information content (AvgIpc) is 2.33. The summed E-state index contributed by atoms with van der Waals surface area (Å²) in [5.41, 5.74) is 0.846. The topological polar surface area (TPSA) is 18.5 Å². The first-order valence-electron chi connectivity index (χ1n) is 5.32. The van der Waals surface area contributed by atoms with Gasteiger partial charge in [-0.2, -0.15) is 0 Å². The van der Waals surface area contributed by atoms with Gasteiger partial charge in [0.05, 0.1) is 12.5 Å². The maximum atomic E-state index is 12.0. The van der Waals surface area contributed by atoms with Crippen LogP contribution in [-0.4, -0.2) is 19.9 Å². The molecule has 90 valence electrons. The fourth-order valence-corrected chi connectivity index (χ4v) is 1.46. The Labute approximate surface area is 100 Å². The molecule has 0 aliphatic rings. The molecule has 0 fully saturated rings. The van der Waals surface area contributed by atoms with Crippen molar-refractivity contribution >= 4 is 11.6 Å². The van der Waals surface area contributed by atoms with Gasteiger partial charge in [0.15, 0.2) is 0 Å². The zero-order valence-electron chi connectivity index (χ0n) is 9.34. The second kappa shape index (κ2) is 7.34. The third kappa shape index (κ3) is 3.89. The van der Waals surface area contributed by atoms with E-state index in [4.69, 9.17) is 21.1 Å². The van der Waals surface area contributed by atoms with Gasteiger partial charge in [-0.3, -0.25) is 0 Å². The third-order valence-corrected chi connectivity index (χ3v) is 2.28. The van der Waals surface area contributed by atoms with E-state index in [-0.39, 0.29) is 6.61 Å². The Balaban J connectivity index is 2.74. The van der Waals surface area contributed by atoms with Crippen molar-refractivity contribution < 1.29 is 13.9 Å². The number of hydrogen-bond donors (Lipinski definition) is 0. The van der Waals surface area contributed by atoms with Gasteiger partial charge in [0, 0.05) is 11.6 Å². The van der Waals surface area contributed by atoms with Crippen LogP contribution in [0.1, 0.15) is 18.9 Å². The van der Waals surface area contributed by atoms with E-state index in [0.717, 1.165) is 17.7 Å². The number of halogens is 2. The number of benzene rings is 1. The van der Waals surface area contributed by atoms with E-state index in [1.54, 1.807) is 6.07 Å². The minimum absolute atomic E-state index is 0.0428. The Morgan fingerprint density at radius 1 is 1.25 bits per heavy atom. The fourth-order valence-electron chi connectivity index (χ4n) is 1.24. The smallest absolute Gasteiger partial charge is 0.127 e. The van der Waals surface area contributed by atoms with Gasteiger partial charge >= 0.3 is 0 Å². The molecule has 0 atom stereocenters. The minimum atomic E-state index is -0.512. The van der Waals surface area contributed by atoms with Crippen LogP contribution in [0.2, 0.25) is 0 Å². The molecular formula is C12H16ClFO2. The first-order valence-corrected chi connectivity index (χ1v) is 5.85. The second-order valence-electron chi connectivity index (χ2n) is 3.29. The summed E-state index contributed by atoms with van der Waals surface area (Å²) in [5.74, 6) is 1.67. The quantitative estimate of drug-likeness (QED) is 0.685. The van der Waals surface area contributed by atoms with Crippen LogP contribution in [0, 0.1) is 0 Å². The molecule has 0 N–H and O–H groups in total. The first kappa shape index (κ1) is 13.1. The zero-order valence-corrected chi connectivity index (χ0v) is 10.1. The molecule has 0 aromatic heterocycles. The summed E-state index contributed by atoms with van der Waals surface area (Å²) in [5, 5.41) is 0. The lowest BCUT2D eigenvalue weighted by molar-refractivity contribution is 0.268. The van der Waals surface area contributed by atoms with Gasteiger partial charge in [-0.25, -0.2) is 4.39 Å². The lowest BCUT2D eigenvalue weighted by Gasteiger charge is -2.11. The summed E-state index contributed by atoms with van der Waals surface area (Å²) in [6, 6.07) is 5.43. The number of rotatable bonds is 7. The maximum absolute atomic E-state index is 12.0. The Morgan fingerprint density at radius 3 is 2.69 bits per heavy atom. The van der Waals surface area contributed by atoms with Crippen LogP contribution in [0.5, 0.6) is 11.5 Å². The summed E-state index contributed by atoms with van der Waals surface area (Å²) in [6.45, 7) is 2.22. The van der Waals surface area contributed by atoms with Crippen LogP contribution in [0.25, 0.3) is 0 Å². The maximum Gasteiger partial charge on any atom is 0.127 e. The predicted molar refractivity (Wildman–Crippen MR) is 63.3 cm³/mol. The molecule has 0 aliphatic heterocycles. The van der Waals surface area contributed by atoms with Crippen molar-refractivity contribution in [3.05, 3.63) is 23.8 Å². The molecule has 0 heterocycles. The monoisotopic (exact) mass is 246 g/mol. The van der Waals surface area contributed by atoms with Crippen molar-refractivity contribution in [3.8, 4) is 11.5 Å². The lowest BCUT2D eigenvalue weighted by Crippen LogP contribution is -2.02. The molecule has 2 nitrogen and oxygen atoms in total. The lowest BCUT2D eigenvalue weighted by atomic mass is 10.2. The molecule has 0 bridgehead atoms. The summed E-state index contributed by atoms with van der Waals surface area (Å²) in [7, 11) is 0. The first-order chi connectivity index (χ1) is 7.81. The SMILES string of the molecule is CCCOc1ccc(CCl)c(OCCF)c1. The Bertz CT molecular complexity index is 318. The van der Waals surface area contributed by atoms with Crippen LogP contribution >= 0.6 is 11.6 Å². The molecule has 0 radical (unpaired) electrons. The van der Waals surface area contributed by atoms with E-state index in [0.29, 0.717) is 18.2 Å². The molecule has 0 aliphatic carbocycles. The summed E-state index contributed by atoms with van der Waals surface area (Å²) < 4.78 is 22.7. The highest BCUT2D eigenvalue weighted by Gasteiger charge is 2.05.